The monoisotopic (exact) mass is 304 g/mol. The molecule has 118 valence electrons. The third-order valence-corrected chi connectivity index (χ3v) is 5.03. The molecule has 1 heterocycles. The lowest BCUT2D eigenvalue weighted by Crippen LogP contribution is -2.52. The van der Waals surface area contributed by atoms with Gasteiger partial charge in [0.15, 0.2) is 0 Å². The fraction of sp³-hybridized carbons (Fsp3) is 0.929. The fourth-order valence-electron chi connectivity index (χ4n) is 2.59. The number of carboxylic acid groups (broad SMARTS) is 1. The molecular weight excluding hydrogens is 276 g/mol. The van der Waals surface area contributed by atoms with Crippen LogP contribution in [0, 0.1) is 0 Å². The molecule has 0 aromatic carbocycles. The Morgan fingerprint density at radius 2 is 1.95 bits per heavy atom. The Bertz CT molecular complexity index is 339. The van der Waals surface area contributed by atoms with Crippen molar-refractivity contribution < 1.29 is 14.1 Å². The molecule has 0 saturated carbocycles. The molecule has 2 N–H and O–H groups in total. The van der Waals surface area contributed by atoms with Gasteiger partial charge in [0.05, 0.1) is 0 Å². The minimum atomic E-state index is -0.836. The van der Waals surface area contributed by atoms with Crippen LogP contribution >= 0.6 is 0 Å². The van der Waals surface area contributed by atoms with Crippen molar-refractivity contribution in [3.63, 3.8) is 0 Å². The molecule has 1 atom stereocenters. The van der Waals surface area contributed by atoms with Crippen LogP contribution in [0.5, 0.6) is 0 Å². The van der Waals surface area contributed by atoms with E-state index in [1.165, 1.54) is 0 Å². The molecule has 20 heavy (non-hydrogen) atoms. The average molecular weight is 304 g/mol. The zero-order valence-corrected chi connectivity index (χ0v) is 13.7. The summed E-state index contributed by atoms with van der Waals surface area (Å²) in [5.41, 5.74) is -0.836. The number of hydrogen-bond acceptors (Lipinski definition) is 4. The number of unbranched alkanes of at least 4 members (excludes halogenated alkanes) is 1. The Labute approximate surface area is 124 Å². The maximum Gasteiger partial charge on any atom is 0.323 e. The first-order chi connectivity index (χ1) is 9.33. The fourth-order valence-corrected chi connectivity index (χ4v) is 3.72. The Morgan fingerprint density at radius 1 is 1.35 bits per heavy atom. The van der Waals surface area contributed by atoms with Gasteiger partial charge in [0.25, 0.3) is 0 Å². The van der Waals surface area contributed by atoms with Gasteiger partial charge in [-0.2, -0.15) is 0 Å². The van der Waals surface area contributed by atoms with Crippen molar-refractivity contribution in [3.8, 4) is 0 Å². The number of rotatable bonds is 8. The van der Waals surface area contributed by atoms with Crippen LogP contribution in [0.15, 0.2) is 0 Å². The molecule has 1 fully saturated rings. The van der Waals surface area contributed by atoms with Gasteiger partial charge in [0.1, 0.15) is 5.54 Å². The first-order valence-electron chi connectivity index (χ1n) is 7.42. The van der Waals surface area contributed by atoms with Crippen molar-refractivity contribution in [2.24, 2.45) is 0 Å². The number of carbonyl (C=O) groups is 1. The molecule has 1 aliphatic heterocycles. The second kappa shape index (κ2) is 8.10. The lowest BCUT2D eigenvalue weighted by atomic mass is 9.94. The molecule has 6 heteroatoms. The molecular formula is C14H28N2O3S. The van der Waals surface area contributed by atoms with E-state index in [9.17, 15) is 14.1 Å². The van der Waals surface area contributed by atoms with Crippen LogP contribution in [0.3, 0.4) is 0 Å². The van der Waals surface area contributed by atoms with E-state index < -0.39 is 22.3 Å². The van der Waals surface area contributed by atoms with E-state index in [1.807, 2.05) is 13.8 Å². The molecule has 0 aromatic heterocycles. The number of carboxylic acids is 1. The Balaban J connectivity index is 2.27. The summed E-state index contributed by atoms with van der Waals surface area (Å²) >= 11 is 0. The van der Waals surface area contributed by atoms with Crippen molar-refractivity contribution in [1.82, 2.24) is 10.2 Å². The summed E-state index contributed by atoms with van der Waals surface area (Å²) < 4.78 is 11.3. The zero-order chi connectivity index (χ0) is 15.2. The smallest absolute Gasteiger partial charge is 0.323 e. The predicted octanol–water partition coefficient (Wildman–Crippen LogP) is 1.06. The van der Waals surface area contributed by atoms with Gasteiger partial charge in [-0.1, -0.05) is 0 Å². The summed E-state index contributed by atoms with van der Waals surface area (Å²) in [6, 6.07) is 0.160. The van der Waals surface area contributed by atoms with E-state index in [0.29, 0.717) is 6.42 Å². The van der Waals surface area contributed by atoms with E-state index in [2.05, 4.69) is 10.2 Å². The van der Waals surface area contributed by atoms with Crippen LogP contribution in [0.4, 0.5) is 0 Å². The minimum absolute atomic E-state index is 0.160. The highest BCUT2D eigenvalue weighted by atomic mass is 32.2. The molecule has 0 radical (unpaired) electrons. The Morgan fingerprint density at radius 3 is 2.45 bits per heavy atom. The number of aliphatic carboxylic acids is 1. The second-order valence-electron chi connectivity index (χ2n) is 6.08. The standard InChI is InChI=1S/C14H28N2O3S/c1-12(2)15-14(3,13(17)18)6-4-5-7-16-8-10-20(19)11-9-16/h12,15H,4-11H2,1-3H3,(H,17,18). The predicted molar refractivity (Wildman–Crippen MR) is 82.5 cm³/mol. The largest absolute Gasteiger partial charge is 0.480 e. The van der Waals surface area contributed by atoms with Crippen LogP contribution in [0.25, 0.3) is 0 Å². The van der Waals surface area contributed by atoms with E-state index in [0.717, 1.165) is 44.0 Å². The topological polar surface area (TPSA) is 69.6 Å². The summed E-state index contributed by atoms with van der Waals surface area (Å²) in [6.07, 6.45) is 2.53. The third-order valence-electron chi connectivity index (χ3n) is 3.75. The quantitative estimate of drug-likeness (QED) is 0.656. The van der Waals surface area contributed by atoms with Gasteiger partial charge < -0.3 is 10.0 Å². The Kier molecular flexibility index (Phi) is 7.12. The van der Waals surface area contributed by atoms with Crippen molar-refractivity contribution in [2.75, 3.05) is 31.1 Å². The van der Waals surface area contributed by atoms with Crippen molar-refractivity contribution in [2.45, 2.75) is 51.6 Å². The highest BCUT2D eigenvalue weighted by Crippen LogP contribution is 2.16. The maximum atomic E-state index is 11.4. The van der Waals surface area contributed by atoms with Crippen LogP contribution in [-0.2, 0) is 15.6 Å². The lowest BCUT2D eigenvalue weighted by molar-refractivity contribution is -0.144. The summed E-state index contributed by atoms with van der Waals surface area (Å²) in [4.78, 5) is 13.7. The van der Waals surface area contributed by atoms with Crippen LogP contribution in [0.2, 0.25) is 0 Å². The van der Waals surface area contributed by atoms with Crippen LogP contribution < -0.4 is 5.32 Å². The highest BCUT2D eigenvalue weighted by molar-refractivity contribution is 7.85. The first-order valence-corrected chi connectivity index (χ1v) is 8.91. The van der Waals surface area contributed by atoms with Crippen LogP contribution in [0.1, 0.15) is 40.0 Å². The van der Waals surface area contributed by atoms with Crippen molar-refractivity contribution in [1.29, 1.82) is 0 Å². The molecule has 1 aliphatic rings. The molecule has 0 amide bonds. The molecule has 0 spiro atoms. The Hall–Kier alpha value is -0.460. The summed E-state index contributed by atoms with van der Waals surface area (Å²) in [5, 5.41) is 12.5. The molecule has 0 aromatic rings. The van der Waals surface area contributed by atoms with Gasteiger partial charge in [-0.3, -0.25) is 14.3 Å². The van der Waals surface area contributed by atoms with E-state index >= 15 is 0 Å². The van der Waals surface area contributed by atoms with E-state index in [4.69, 9.17) is 0 Å². The molecule has 0 bridgehead atoms. The number of nitrogens with zero attached hydrogens (tertiary/aromatic N) is 1. The third kappa shape index (κ3) is 5.89. The lowest BCUT2D eigenvalue weighted by Gasteiger charge is -2.30. The van der Waals surface area contributed by atoms with Gasteiger partial charge >= 0.3 is 5.97 Å². The molecule has 0 aliphatic carbocycles. The van der Waals surface area contributed by atoms with E-state index in [-0.39, 0.29) is 6.04 Å². The molecule has 1 saturated heterocycles. The zero-order valence-electron chi connectivity index (χ0n) is 12.9. The SMILES string of the molecule is CC(C)NC(C)(CCCCN1CCS(=O)CC1)C(=O)O. The maximum absolute atomic E-state index is 11.4. The average Bonchev–Trinajstić information content (AvgIpc) is 2.36. The minimum Gasteiger partial charge on any atom is -0.480 e. The number of nitrogens with one attached hydrogen (secondary N) is 1. The van der Waals surface area contributed by atoms with Gasteiger partial charge in [0, 0.05) is 41.4 Å². The summed E-state index contributed by atoms with van der Waals surface area (Å²) in [7, 11) is -0.625. The van der Waals surface area contributed by atoms with E-state index in [1.54, 1.807) is 6.92 Å². The van der Waals surface area contributed by atoms with Gasteiger partial charge in [-0.15, -0.1) is 0 Å². The van der Waals surface area contributed by atoms with Gasteiger partial charge in [0.2, 0.25) is 0 Å². The molecule has 5 nitrogen and oxygen atoms in total. The second-order valence-corrected chi connectivity index (χ2v) is 7.78. The van der Waals surface area contributed by atoms with Gasteiger partial charge in [-0.25, -0.2) is 0 Å². The normalized spacial score (nSPS) is 21.0. The van der Waals surface area contributed by atoms with Gasteiger partial charge in [-0.05, 0) is 46.6 Å². The molecule has 1 rings (SSSR count). The summed E-state index contributed by atoms with van der Waals surface area (Å²) in [5.74, 6) is 0.781. The summed E-state index contributed by atoms with van der Waals surface area (Å²) in [6.45, 7) is 8.50. The first kappa shape index (κ1) is 17.6. The van der Waals surface area contributed by atoms with Crippen molar-refractivity contribution in [3.05, 3.63) is 0 Å². The van der Waals surface area contributed by atoms with Crippen molar-refractivity contribution >= 4 is 16.8 Å². The highest BCUT2D eigenvalue weighted by Gasteiger charge is 2.32. The molecule has 1 unspecified atom stereocenters. The van der Waals surface area contributed by atoms with Crippen LogP contribution in [-0.4, -0.2) is 62.9 Å². The number of hydrogen-bond donors (Lipinski definition) is 2.